The molecule has 2 aliphatic heterocycles. The third-order valence-electron chi connectivity index (χ3n) is 11.9. The Morgan fingerprint density at radius 2 is 1.28 bits per heavy atom. The lowest BCUT2D eigenvalue weighted by molar-refractivity contribution is -0.660. The van der Waals surface area contributed by atoms with Gasteiger partial charge in [-0.25, -0.2) is 4.57 Å². The van der Waals surface area contributed by atoms with Crippen LogP contribution >= 0.6 is 11.8 Å². The summed E-state index contributed by atoms with van der Waals surface area (Å²) in [6.45, 7) is 23.5. The molecule has 0 atom stereocenters. The van der Waals surface area contributed by atoms with Gasteiger partial charge in [0.1, 0.15) is 7.05 Å². The van der Waals surface area contributed by atoms with Gasteiger partial charge in [0.05, 0.1) is 5.52 Å². The zero-order valence-corrected chi connectivity index (χ0v) is 34.0. The van der Waals surface area contributed by atoms with Crippen LogP contribution in [0.3, 0.4) is 0 Å². The first-order valence-electron chi connectivity index (χ1n) is 19.2. The third kappa shape index (κ3) is 5.35. The first kappa shape index (κ1) is 34.2. The van der Waals surface area contributed by atoms with Gasteiger partial charge in [0.15, 0.2) is 6.20 Å². The number of rotatable bonds is 2. The standard InChI is InChI=1S/C49H50BN2S/c1-29-22-30(15-18-35(29)40-14-12-13-21-51(40)11)31-23-42-45-44(24-31)53-43-20-17-33(48(5,6)7)27-38(43)50(45)39-28-34(49(8,9)10)26-37-36-25-32(47(2,3)4)16-19-41(36)52(42)46(37)39/h12-28H,1-11H3/q+1. The van der Waals surface area contributed by atoms with Crippen molar-refractivity contribution in [1.29, 1.82) is 0 Å². The van der Waals surface area contributed by atoms with Crippen LogP contribution in [0.4, 0.5) is 0 Å². The van der Waals surface area contributed by atoms with E-state index in [1.807, 2.05) is 11.8 Å². The molecule has 0 bridgehead atoms. The Balaban J connectivity index is 1.38. The van der Waals surface area contributed by atoms with Crippen LogP contribution in [0, 0.1) is 6.92 Å². The van der Waals surface area contributed by atoms with Crippen molar-refractivity contribution in [3.63, 3.8) is 0 Å². The minimum atomic E-state index is 0.00798. The van der Waals surface area contributed by atoms with Gasteiger partial charge < -0.3 is 4.57 Å². The van der Waals surface area contributed by atoms with E-state index < -0.39 is 0 Å². The molecule has 5 aromatic carbocycles. The van der Waals surface area contributed by atoms with Gasteiger partial charge in [0.2, 0.25) is 12.4 Å². The van der Waals surface area contributed by atoms with Crippen LogP contribution in [-0.2, 0) is 23.3 Å². The summed E-state index contributed by atoms with van der Waals surface area (Å²) in [7, 11) is 2.13. The second-order valence-corrected chi connectivity index (χ2v) is 19.8. The van der Waals surface area contributed by atoms with Crippen LogP contribution in [0.2, 0.25) is 0 Å². The number of fused-ring (bicyclic) bond motifs is 7. The highest BCUT2D eigenvalue weighted by Gasteiger charge is 2.41. The van der Waals surface area contributed by atoms with Gasteiger partial charge in [-0.15, -0.1) is 0 Å². The van der Waals surface area contributed by atoms with Crippen LogP contribution in [0.5, 0.6) is 0 Å². The highest BCUT2D eigenvalue weighted by molar-refractivity contribution is 8.00. The molecule has 0 spiro atoms. The predicted molar refractivity (Wildman–Crippen MR) is 229 cm³/mol. The Morgan fingerprint density at radius 3 is 1.98 bits per heavy atom. The Morgan fingerprint density at radius 1 is 0.604 bits per heavy atom. The van der Waals surface area contributed by atoms with Crippen molar-refractivity contribution < 1.29 is 4.57 Å². The quantitative estimate of drug-likeness (QED) is 0.128. The molecule has 9 rings (SSSR count). The zero-order chi connectivity index (χ0) is 37.4. The van der Waals surface area contributed by atoms with Crippen LogP contribution in [0.15, 0.2) is 113 Å². The second kappa shape index (κ2) is 11.5. The second-order valence-electron chi connectivity index (χ2n) is 18.7. The first-order chi connectivity index (χ1) is 25.0. The predicted octanol–water partition coefficient (Wildman–Crippen LogP) is 10.4. The van der Waals surface area contributed by atoms with Gasteiger partial charge in [-0.1, -0.05) is 116 Å². The van der Waals surface area contributed by atoms with Gasteiger partial charge in [-0.05, 0) is 116 Å². The summed E-state index contributed by atoms with van der Waals surface area (Å²) < 4.78 is 4.84. The van der Waals surface area contributed by atoms with E-state index in [0.29, 0.717) is 0 Å². The molecule has 2 aromatic heterocycles. The Kier molecular flexibility index (Phi) is 7.42. The highest BCUT2D eigenvalue weighted by Crippen LogP contribution is 2.43. The van der Waals surface area contributed by atoms with Gasteiger partial charge in [0.25, 0.3) is 0 Å². The minimum Gasteiger partial charge on any atom is -0.310 e. The van der Waals surface area contributed by atoms with Gasteiger partial charge in [0, 0.05) is 49.5 Å². The van der Waals surface area contributed by atoms with Crippen molar-refractivity contribution in [3.8, 4) is 28.1 Å². The van der Waals surface area contributed by atoms with Crippen LogP contribution in [-0.4, -0.2) is 11.3 Å². The molecule has 0 aliphatic carbocycles. The lowest BCUT2D eigenvalue weighted by atomic mass is 9.35. The van der Waals surface area contributed by atoms with Gasteiger partial charge >= 0.3 is 0 Å². The maximum atomic E-state index is 2.63. The van der Waals surface area contributed by atoms with E-state index in [1.54, 1.807) is 0 Å². The molecule has 4 heteroatoms. The van der Waals surface area contributed by atoms with E-state index in [2.05, 4.69) is 189 Å². The number of hydrogen-bond acceptors (Lipinski definition) is 1. The molecular weight excluding hydrogens is 659 g/mol. The molecule has 0 fully saturated rings. The molecule has 53 heavy (non-hydrogen) atoms. The monoisotopic (exact) mass is 709 g/mol. The molecule has 264 valence electrons. The molecule has 0 unspecified atom stereocenters. The number of nitrogens with zero attached hydrogens (tertiary/aromatic N) is 2. The van der Waals surface area contributed by atoms with Crippen molar-refractivity contribution >= 4 is 56.7 Å². The van der Waals surface area contributed by atoms with Gasteiger partial charge in [-0.3, -0.25) is 0 Å². The fourth-order valence-corrected chi connectivity index (χ4v) is 9.94. The molecule has 0 radical (unpaired) electrons. The van der Waals surface area contributed by atoms with Crippen LogP contribution in [0.1, 0.15) is 84.6 Å². The molecule has 7 aromatic rings. The minimum absolute atomic E-state index is 0.00798. The largest absolute Gasteiger partial charge is 0.310 e. The molecule has 0 saturated heterocycles. The van der Waals surface area contributed by atoms with Crippen molar-refractivity contribution in [3.05, 3.63) is 126 Å². The smallest absolute Gasteiger partial charge is 0.249 e. The topological polar surface area (TPSA) is 8.81 Å². The third-order valence-corrected chi connectivity index (χ3v) is 13.0. The zero-order valence-electron chi connectivity index (χ0n) is 33.2. The van der Waals surface area contributed by atoms with Crippen molar-refractivity contribution in [2.75, 3.05) is 0 Å². The summed E-state index contributed by atoms with van der Waals surface area (Å²) >= 11 is 1.96. The molecule has 2 aliphatic rings. The average molecular weight is 710 g/mol. The number of aromatic nitrogens is 2. The summed E-state index contributed by atoms with van der Waals surface area (Å²) in [5, 5.41) is 2.72. The first-order valence-corrected chi connectivity index (χ1v) is 20.0. The van der Waals surface area contributed by atoms with E-state index >= 15 is 0 Å². The van der Waals surface area contributed by atoms with Crippen LogP contribution in [0.25, 0.3) is 49.9 Å². The summed E-state index contributed by atoms with van der Waals surface area (Å²) in [5.41, 5.74) is 18.9. The Bertz CT molecular complexity index is 2670. The normalized spacial score (nSPS) is 13.8. The molecule has 0 amide bonds. The number of benzene rings is 5. The van der Waals surface area contributed by atoms with Crippen molar-refractivity contribution in [2.45, 2.75) is 95.3 Å². The van der Waals surface area contributed by atoms with Crippen LogP contribution < -0.4 is 21.0 Å². The van der Waals surface area contributed by atoms with E-state index in [1.165, 1.54) is 98.3 Å². The lowest BCUT2D eigenvalue weighted by Crippen LogP contribution is -2.59. The van der Waals surface area contributed by atoms with Gasteiger partial charge in [-0.2, -0.15) is 0 Å². The Hall–Kier alpha value is -4.54. The SMILES string of the molecule is Cc1cc(-c2cc3c4c(c2)-n2c5ccc(C(C)(C)C)cc5c5cc(C(C)(C)C)cc(c52)B4c2cc(C(C)(C)C)ccc2S3)ccc1-c1cccc[n+]1C. The highest BCUT2D eigenvalue weighted by atomic mass is 32.2. The molecule has 4 heterocycles. The summed E-state index contributed by atoms with van der Waals surface area (Å²) in [6.07, 6.45) is 2.13. The van der Waals surface area contributed by atoms with E-state index in [9.17, 15) is 0 Å². The summed E-state index contributed by atoms with van der Waals surface area (Å²) in [4.78, 5) is 2.73. The summed E-state index contributed by atoms with van der Waals surface area (Å²) in [6, 6.07) is 38.0. The Labute approximate surface area is 320 Å². The fourth-order valence-electron chi connectivity index (χ4n) is 8.75. The molecule has 0 saturated carbocycles. The van der Waals surface area contributed by atoms with E-state index in [4.69, 9.17) is 0 Å². The number of pyridine rings is 1. The molecular formula is C49H50BN2S+. The van der Waals surface area contributed by atoms with E-state index in [-0.39, 0.29) is 23.0 Å². The maximum absolute atomic E-state index is 2.63. The van der Waals surface area contributed by atoms with E-state index in [0.717, 1.165) is 0 Å². The van der Waals surface area contributed by atoms with Crippen molar-refractivity contribution in [2.24, 2.45) is 7.05 Å². The fraction of sp³-hybridized carbons (Fsp3) is 0.286. The maximum Gasteiger partial charge on any atom is 0.249 e. The lowest BCUT2D eigenvalue weighted by Gasteiger charge is -2.35. The van der Waals surface area contributed by atoms with Crippen molar-refractivity contribution in [1.82, 2.24) is 4.57 Å². The number of hydrogen-bond donors (Lipinski definition) is 0. The number of aryl methyl sites for hydroxylation is 2. The average Bonchev–Trinajstić information content (AvgIpc) is 3.43. The molecule has 0 N–H and O–H groups in total. The molecule has 2 nitrogen and oxygen atoms in total. The summed E-state index contributed by atoms with van der Waals surface area (Å²) in [5.74, 6) is 0.